The van der Waals surface area contributed by atoms with Crippen LogP contribution in [0.3, 0.4) is 0 Å². The standard InChI is InChI=1S/C21H26N2O2/c1-16-7-3-4-11-20(16)22-21(24)17-8-5-10-19(15-17)25-14-12-18-9-6-13-23(18)2/h3-5,7-8,10-11,15,18H,6,9,12-14H2,1-2H3,(H,22,24). The van der Waals surface area contributed by atoms with Gasteiger partial charge in [-0.25, -0.2) is 0 Å². The van der Waals surface area contributed by atoms with Gasteiger partial charge in [-0.15, -0.1) is 0 Å². The Bertz CT molecular complexity index is 729. The van der Waals surface area contributed by atoms with E-state index < -0.39 is 0 Å². The number of nitrogens with one attached hydrogen (secondary N) is 1. The molecule has 1 aliphatic rings. The second-order valence-electron chi connectivity index (χ2n) is 6.71. The maximum Gasteiger partial charge on any atom is 0.255 e. The van der Waals surface area contributed by atoms with Crippen LogP contribution in [-0.2, 0) is 0 Å². The van der Waals surface area contributed by atoms with Crippen molar-refractivity contribution in [1.82, 2.24) is 4.90 Å². The molecule has 0 spiro atoms. The maximum atomic E-state index is 12.5. The first-order valence-corrected chi connectivity index (χ1v) is 8.93. The fourth-order valence-electron chi connectivity index (χ4n) is 3.29. The lowest BCUT2D eigenvalue weighted by molar-refractivity contribution is 0.102. The number of anilines is 1. The molecule has 0 saturated carbocycles. The summed E-state index contributed by atoms with van der Waals surface area (Å²) in [6.07, 6.45) is 3.55. The summed E-state index contributed by atoms with van der Waals surface area (Å²) in [5, 5.41) is 2.96. The summed E-state index contributed by atoms with van der Waals surface area (Å²) in [5.74, 6) is 0.633. The minimum Gasteiger partial charge on any atom is -0.494 e. The fraction of sp³-hybridized carbons (Fsp3) is 0.381. The molecule has 132 valence electrons. The second-order valence-corrected chi connectivity index (χ2v) is 6.71. The van der Waals surface area contributed by atoms with Gasteiger partial charge in [0.1, 0.15) is 5.75 Å². The molecular formula is C21H26N2O2. The number of hydrogen-bond acceptors (Lipinski definition) is 3. The van der Waals surface area contributed by atoms with Crippen LogP contribution < -0.4 is 10.1 Å². The van der Waals surface area contributed by atoms with Gasteiger partial charge in [-0.05, 0) is 69.6 Å². The largest absolute Gasteiger partial charge is 0.494 e. The molecule has 0 radical (unpaired) electrons. The molecule has 1 N–H and O–H groups in total. The van der Waals surface area contributed by atoms with Gasteiger partial charge in [0.05, 0.1) is 6.61 Å². The summed E-state index contributed by atoms with van der Waals surface area (Å²) in [5.41, 5.74) is 2.49. The van der Waals surface area contributed by atoms with Crippen LogP contribution in [0, 0.1) is 6.92 Å². The number of aryl methyl sites for hydroxylation is 1. The first-order chi connectivity index (χ1) is 12.1. The van der Waals surface area contributed by atoms with Gasteiger partial charge in [-0.1, -0.05) is 24.3 Å². The van der Waals surface area contributed by atoms with E-state index in [1.165, 1.54) is 19.4 Å². The monoisotopic (exact) mass is 338 g/mol. The lowest BCUT2D eigenvalue weighted by Crippen LogP contribution is -2.26. The van der Waals surface area contributed by atoms with E-state index in [0.29, 0.717) is 18.2 Å². The minimum absolute atomic E-state index is 0.115. The topological polar surface area (TPSA) is 41.6 Å². The summed E-state index contributed by atoms with van der Waals surface area (Å²) < 4.78 is 5.87. The third-order valence-corrected chi connectivity index (χ3v) is 4.88. The number of para-hydroxylation sites is 1. The van der Waals surface area contributed by atoms with Gasteiger partial charge in [-0.2, -0.15) is 0 Å². The average molecular weight is 338 g/mol. The first-order valence-electron chi connectivity index (χ1n) is 8.93. The third kappa shape index (κ3) is 4.60. The smallest absolute Gasteiger partial charge is 0.255 e. The van der Waals surface area contributed by atoms with Crippen molar-refractivity contribution in [2.24, 2.45) is 0 Å². The molecule has 1 heterocycles. The Hall–Kier alpha value is -2.33. The van der Waals surface area contributed by atoms with E-state index in [-0.39, 0.29) is 5.91 Å². The highest BCUT2D eigenvalue weighted by atomic mass is 16.5. The number of carbonyl (C=O) groups is 1. The average Bonchev–Trinajstić information content (AvgIpc) is 3.02. The number of rotatable bonds is 6. The maximum absolute atomic E-state index is 12.5. The van der Waals surface area contributed by atoms with Gasteiger partial charge in [0.2, 0.25) is 0 Å². The van der Waals surface area contributed by atoms with Crippen molar-refractivity contribution >= 4 is 11.6 Å². The minimum atomic E-state index is -0.115. The van der Waals surface area contributed by atoms with Crippen molar-refractivity contribution in [3.63, 3.8) is 0 Å². The van der Waals surface area contributed by atoms with Crippen molar-refractivity contribution in [3.8, 4) is 5.75 Å². The molecule has 0 bridgehead atoms. The van der Waals surface area contributed by atoms with Gasteiger partial charge < -0.3 is 15.0 Å². The molecule has 2 aromatic carbocycles. The van der Waals surface area contributed by atoms with E-state index in [9.17, 15) is 4.79 Å². The SMILES string of the molecule is Cc1ccccc1NC(=O)c1cccc(OCCC2CCCN2C)c1. The van der Waals surface area contributed by atoms with E-state index in [1.54, 1.807) is 0 Å². The van der Waals surface area contributed by atoms with E-state index in [2.05, 4.69) is 17.3 Å². The second kappa shape index (κ2) is 8.17. The van der Waals surface area contributed by atoms with Crippen LogP contribution in [0.25, 0.3) is 0 Å². The van der Waals surface area contributed by atoms with Gasteiger partial charge in [0.25, 0.3) is 5.91 Å². The lowest BCUT2D eigenvalue weighted by Gasteiger charge is -2.19. The molecule has 1 atom stereocenters. The van der Waals surface area contributed by atoms with Gasteiger partial charge in [0, 0.05) is 17.3 Å². The Morgan fingerprint density at radius 3 is 2.84 bits per heavy atom. The summed E-state index contributed by atoms with van der Waals surface area (Å²) in [7, 11) is 2.17. The molecule has 4 heteroatoms. The number of nitrogens with zero attached hydrogens (tertiary/aromatic N) is 1. The normalized spacial score (nSPS) is 17.4. The molecule has 1 aliphatic heterocycles. The van der Waals surface area contributed by atoms with Crippen LogP contribution >= 0.6 is 0 Å². The van der Waals surface area contributed by atoms with Crippen molar-refractivity contribution in [3.05, 3.63) is 59.7 Å². The van der Waals surface area contributed by atoms with Crippen LogP contribution in [0.4, 0.5) is 5.69 Å². The zero-order valence-electron chi connectivity index (χ0n) is 15.0. The Kier molecular flexibility index (Phi) is 5.71. The van der Waals surface area contributed by atoms with E-state index in [4.69, 9.17) is 4.74 Å². The van der Waals surface area contributed by atoms with E-state index >= 15 is 0 Å². The molecule has 4 nitrogen and oxygen atoms in total. The molecule has 0 aliphatic carbocycles. The summed E-state index contributed by atoms with van der Waals surface area (Å²) in [6.45, 7) is 3.84. The van der Waals surface area contributed by atoms with Crippen molar-refractivity contribution in [2.45, 2.75) is 32.2 Å². The number of likely N-dealkylation sites (tertiary alicyclic amines) is 1. The molecular weight excluding hydrogens is 312 g/mol. The Labute approximate surface area is 149 Å². The van der Waals surface area contributed by atoms with Crippen LogP contribution in [0.2, 0.25) is 0 Å². The van der Waals surface area contributed by atoms with Crippen LogP contribution in [0.5, 0.6) is 5.75 Å². The van der Waals surface area contributed by atoms with Gasteiger partial charge in [-0.3, -0.25) is 4.79 Å². The fourth-order valence-corrected chi connectivity index (χ4v) is 3.29. The zero-order chi connectivity index (χ0) is 17.6. The number of benzene rings is 2. The first kappa shape index (κ1) is 17.5. The number of ether oxygens (including phenoxy) is 1. The predicted octanol–water partition coefficient (Wildman–Crippen LogP) is 4.11. The summed E-state index contributed by atoms with van der Waals surface area (Å²) >= 11 is 0. The van der Waals surface area contributed by atoms with Crippen molar-refractivity contribution in [2.75, 3.05) is 25.5 Å². The number of carbonyl (C=O) groups excluding carboxylic acids is 1. The third-order valence-electron chi connectivity index (χ3n) is 4.88. The molecule has 1 unspecified atom stereocenters. The van der Waals surface area contributed by atoms with Crippen LogP contribution in [-0.4, -0.2) is 37.0 Å². The predicted molar refractivity (Wildman–Crippen MR) is 101 cm³/mol. The highest BCUT2D eigenvalue weighted by Gasteiger charge is 2.20. The lowest BCUT2D eigenvalue weighted by atomic mass is 10.1. The highest BCUT2D eigenvalue weighted by Crippen LogP contribution is 2.20. The Balaban J connectivity index is 1.57. The molecule has 0 aromatic heterocycles. The number of hydrogen-bond donors (Lipinski definition) is 1. The van der Waals surface area contributed by atoms with Gasteiger partial charge in [0.15, 0.2) is 0 Å². The summed E-state index contributed by atoms with van der Waals surface area (Å²) in [4.78, 5) is 14.9. The molecule has 2 aromatic rings. The van der Waals surface area contributed by atoms with E-state index in [1.807, 2.05) is 55.5 Å². The van der Waals surface area contributed by atoms with Crippen LogP contribution in [0.15, 0.2) is 48.5 Å². The molecule has 3 rings (SSSR count). The molecule has 1 saturated heterocycles. The zero-order valence-corrected chi connectivity index (χ0v) is 15.0. The Morgan fingerprint density at radius 1 is 1.24 bits per heavy atom. The van der Waals surface area contributed by atoms with Crippen molar-refractivity contribution < 1.29 is 9.53 Å². The molecule has 25 heavy (non-hydrogen) atoms. The molecule has 1 amide bonds. The molecule has 1 fully saturated rings. The van der Waals surface area contributed by atoms with Crippen LogP contribution in [0.1, 0.15) is 35.2 Å². The highest BCUT2D eigenvalue weighted by molar-refractivity contribution is 6.04. The quantitative estimate of drug-likeness (QED) is 0.862. The van der Waals surface area contributed by atoms with Crippen molar-refractivity contribution in [1.29, 1.82) is 0 Å². The van der Waals surface area contributed by atoms with E-state index in [0.717, 1.165) is 23.4 Å². The van der Waals surface area contributed by atoms with Gasteiger partial charge >= 0.3 is 0 Å². The Morgan fingerprint density at radius 2 is 2.08 bits per heavy atom. The number of amides is 1. The summed E-state index contributed by atoms with van der Waals surface area (Å²) in [6, 6.07) is 15.8.